The van der Waals surface area contributed by atoms with Crippen LogP contribution in [0.4, 0.5) is 0 Å². The molecule has 30 heavy (non-hydrogen) atoms. The van der Waals surface area contributed by atoms with Gasteiger partial charge in [0, 0.05) is 36.6 Å². The van der Waals surface area contributed by atoms with Gasteiger partial charge in [-0.25, -0.2) is 4.98 Å². The predicted molar refractivity (Wildman–Crippen MR) is 121 cm³/mol. The summed E-state index contributed by atoms with van der Waals surface area (Å²) in [6.07, 6.45) is 0.741. The van der Waals surface area contributed by atoms with E-state index in [9.17, 15) is 4.79 Å². The number of aromatic amines is 1. The molecule has 0 unspecified atom stereocenters. The lowest BCUT2D eigenvalue weighted by Crippen LogP contribution is -2.35. The highest BCUT2D eigenvalue weighted by Gasteiger charge is 2.22. The van der Waals surface area contributed by atoms with Crippen LogP contribution in [0.5, 0.6) is 0 Å². The van der Waals surface area contributed by atoms with Gasteiger partial charge in [0.15, 0.2) is 0 Å². The van der Waals surface area contributed by atoms with Crippen LogP contribution < -0.4 is 5.56 Å². The standard InChI is InChI=1S/C23H19ClN4OS/c24-16-8-6-15(7-9-16)22-26-19-10-11-28(14-18(19)23(29)27-22)13-17-3-1-4-20(25-17)21-5-2-12-30-21/h1-9,12H,10-11,13-14H2,(H,26,27,29). The zero-order valence-electron chi connectivity index (χ0n) is 16.1. The minimum atomic E-state index is -0.0741. The fourth-order valence-corrected chi connectivity index (χ4v) is 4.54. The van der Waals surface area contributed by atoms with Crippen LogP contribution in [-0.4, -0.2) is 26.4 Å². The van der Waals surface area contributed by atoms with Gasteiger partial charge in [-0.3, -0.25) is 14.7 Å². The third-order valence-corrected chi connectivity index (χ3v) is 6.38. The molecule has 0 fully saturated rings. The predicted octanol–water partition coefficient (Wildman–Crippen LogP) is 4.77. The van der Waals surface area contributed by atoms with Gasteiger partial charge in [-0.2, -0.15) is 0 Å². The van der Waals surface area contributed by atoms with Crippen molar-refractivity contribution in [2.24, 2.45) is 0 Å². The monoisotopic (exact) mass is 434 g/mol. The van der Waals surface area contributed by atoms with Crippen molar-refractivity contribution >= 4 is 22.9 Å². The summed E-state index contributed by atoms with van der Waals surface area (Å²) < 4.78 is 0. The molecule has 7 heteroatoms. The van der Waals surface area contributed by atoms with Gasteiger partial charge in [-0.05, 0) is 47.8 Å². The van der Waals surface area contributed by atoms with Crippen molar-refractivity contribution in [2.75, 3.05) is 6.54 Å². The summed E-state index contributed by atoms with van der Waals surface area (Å²) in [5, 5.41) is 2.72. The van der Waals surface area contributed by atoms with E-state index >= 15 is 0 Å². The number of hydrogen-bond acceptors (Lipinski definition) is 5. The molecule has 0 spiro atoms. The smallest absolute Gasteiger partial charge is 0.255 e. The molecule has 0 aliphatic carbocycles. The molecule has 0 saturated heterocycles. The summed E-state index contributed by atoms with van der Waals surface area (Å²) in [5.74, 6) is 0.592. The normalized spacial score (nSPS) is 13.9. The average molecular weight is 435 g/mol. The average Bonchev–Trinajstić information content (AvgIpc) is 3.30. The van der Waals surface area contributed by atoms with Crippen LogP contribution in [0.1, 0.15) is 17.0 Å². The van der Waals surface area contributed by atoms with Crippen molar-refractivity contribution in [2.45, 2.75) is 19.5 Å². The summed E-state index contributed by atoms with van der Waals surface area (Å²) in [7, 11) is 0. The van der Waals surface area contributed by atoms with Gasteiger partial charge >= 0.3 is 0 Å². The van der Waals surface area contributed by atoms with Crippen LogP contribution in [0.15, 0.2) is 64.8 Å². The van der Waals surface area contributed by atoms with E-state index in [1.54, 1.807) is 23.5 Å². The first-order valence-electron chi connectivity index (χ1n) is 9.76. The number of H-pyrrole nitrogens is 1. The topological polar surface area (TPSA) is 61.9 Å². The first-order valence-corrected chi connectivity index (χ1v) is 11.0. The second-order valence-corrected chi connectivity index (χ2v) is 8.68. The molecule has 3 aromatic heterocycles. The minimum absolute atomic E-state index is 0.0741. The second-order valence-electron chi connectivity index (χ2n) is 7.30. The number of benzene rings is 1. The highest BCUT2D eigenvalue weighted by Crippen LogP contribution is 2.24. The molecule has 5 nitrogen and oxygen atoms in total. The summed E-state index contributed by atoms with van der Waals surface area (Å²) in [4.78, 5) is 28.6. The number of rotatable bonds is 4. The molecule has 1 aliphatic rings. The molecule has 1 aliphatic heterocycles. The molecule has 0 atom stereocenters. The summed E-state index contributed by atoms with van der Waals surface area (Å²) in [5.41, 5.74) is 4.40. The molecule has 1 N–H and O–H groups in total. The van der Waals surface area contributed by atoms with E-state index < -0.39 is 0 Å². The minimum Gasteiger partial charge on any atom is -0.306 e. The lowest BCUT2D eigenvalue weighted by Gasteiger charge is -2.27. The van der Waals surface area contributed by atoms with Crippen LogP contribution >= 0.6 is 22.9 Å². The fourth-order valence-electron chi connectivity index (χ4n) is 3.72. The molecule has 0 radical (unpaired) electrons. The zero-order chi connectivity index (χ0) is 20.5. The van der Waals surface area contributed by atoms with E-state index in [4.69, 9.17) is 21.6 Å². The highest BCUT2D eigenvalue weighted by molar-refractivity contribution is 7.13. The molecule has 150 valence electrons. The van der Waals surface area contributed by atoms with Gasteiger partial charge in [0.05, 0.1) is 27.5 Å². The Kier molecular flexibility index (Phi) is 5.21. The Labute approximate surface area is 183 Å². The van der Waals surface area contributed by atoms with Crippen molar-refractivity contribution in [3.8, 4) is 22.0 Å². The summed E-state index contributed by atoms with van der Waals surface area (Å²) >= 11 is 7.65. The maximum atomic E-state index is 12.8. The Morgan fingerprint density at radius 3 is 2.73 bits per heavy atom. The highest BCUT2D eigenvalue weighted by atomic mass is 35.5. The number of aromatic nitrogens is 3. The fraction of sp³-hybridized carbons (Fsp3) is 0.174. The van der Waals surface area contributed by atoms with Gasteiger partial charge < -0.3 is 4.98 Å². The Morgan fingerprint density at radius 2 is 1.93 bits per heavy atom. The van der Waals surface area contributed by atoms with E-state index in [2.05, 4.69) is 21.3 Å². The lowest BCUT2D eigenvalue weighted by atomic mass is 10.1. The Morgan fingerprint density at radius 1 is 1.07 bits per heavy atom. The number of fused-ring (bicyclic) bond motifs is 1. The number of halogens is 1. The Hall–Kier alpha value is -2.80. The quantitative estimate of drug-likeness (QED) is 0.502. The number of hydrogen-bond donors (Lipinski definition) is 1. The second kappa shape index (κ2) is 8.14. The molecule has 4 aromatic rings. The SMILES string of the molecule is O=c1[nH]c(-c2ccc(Cl)cc2)nc2c1CN(Cc1cccc(-c3cccs3)n1)CC2. The van der Waals surface area contributed by atoms with Crippen LogP contribution in [0.25, 0.3) is 22.0 Å². The van der Waals surface area contributed by atoms with Gasteiger partial charge in [-0.1, -0.05) is 23.7 Å². The first-order chi connectivity index (χ1) is 14.7. The maximum absolute atomic E-state index is 12.8. The van der Waals surface area contributed by atoms with E-state index in [0.717, 1.165) is 46.1 Å². The third-order valence-electron chi connectivity index (χ3n) is 5.23. The molecule has 0 amide bonds. The summed E-state index contributed by atoms with van der Waals surface area (Å²) in [6.45, 7) is 2.12. The van der Waals surface area contributed by atoms with E-state index in [1.807, 2.05) is 36.4 Å². The number of nitrogens with one attached hydrogen (secondary N) is 1. The van der Waals surface area contributed by atoms with Gasteiger partial charge in [-0.15, -0.1) is 11.3 Å². The van der Waals surface area contributed by atoms with Crippen LogP contribution in [0, 0.1) is 0 Å². The molecule has 0 saturated carbocycles. The molecule has 5 rings (SSSR count). The Bertz CT molecular complexity index is 1240. The van der Waals surface area contributed by atoms with E-state index in [0.29, 0.717) is 23.9 Å². The van der Waals surface area contributed by atoms with Crippen molar-refractivity contribution < 1.29 is 0 Å². The van der Waals surface area contributed by atoms with Gasteiger partial charge in [0.25, 0.3) is 5.56 Å². The molecule has 0 bridgehead atoms. The van der Waals surface area contributed by atoms with Crippen molar-refractivity contribution in [3.05, 3.63) is 92.3 Å². The molecule has 4 heterocycles. The van der Waals surface area contributed by atoms with Crippen LogP contribution in [0.3, 0.4) is 0 Å². The first kappa shape index (κ1) is 19.2. The zero-order valence-corrected chi connectivity index (χ0v) is 17.7. The third kappa shape index (κ3) is 3.94. The number of nitrogens with zero attached hydrogens (tertiary/aromatic N) is 3. The Balaban J connectivity index is 1.36. The maximum Gasteiger partial charge on any atom is 0.255 e. The van der Waals surface area contributed by atoms with E-state index in [-0.39, 0.29) is 5.56 Å². The van der Waals surface area contributed by atoms with E-state index in [1.165, 1.54) is 0 Å². The number of pyridine rings is 1. The van der Waals surface area contributed by atoms with Gasteiger partial charge in [0.2, 0.25) is 0 Å². The van der Waals surface area contributed by atoms with Gasteiger partial charge in [0.1, 0.15) is 5.82 Å². The molecular weight excluding hydrogens is 416 g/mol. The van der Waals surface area contributed by atoms with Crippen molar-refractivity contribution in [3.63, 3.8) is 0 Å². The number of thiophene rings is 1. The van der Waals surface area contributed by atoms with Crippen molar-refractivity contribution in [1.29, 1.82) is 0 Å². The largest absolute Gasteiger partial charge is 0.306 e. The lowest BCUT2D eigenvalue weighted by molar-refractivity contribution is 0.239. The van der Waals surface area contributed by atoms with Crippen LogP contribution in [-0.2, 0) is 19.5 Å². The van der Waals surface area contributed by atoms with Crippen LogP contribution in [0.2, 0.25) is 5.02 Å². The molecule has 1 aromatic carbocycles. The van der Waals surface area contributed by atoms with Crippen molar-refractivity contribution in [1.82, 2.24) is 19.9 Å². The summed E-state index contributed by atoms with van der Waals surface area (Å²) in [6, 6.07) is 17.6. The molecular formula is C23H19ClN4OS.